The van der Waals surface area contributed by atoms with E-state index < -0.39 is 17.7 Å². The quantitative estimate of drug-likeness (QED) is 0.156. The van der Waals surface area contributed by atoms with E-state index in [0.717, 1.165) is 43.7 Å². The number of ether oxygens (including phenoxy) is 3. The van der Waals surface area contributed by atoms with E-state index in [-0.39, 0.29) is 17.4 Å². The molecule has 1 amide bonds. The van der Waals surface area contributed by atoms with Crippen LogP contribution in [-0.4, -0.2) is 72.1 Å². The number of aliphatic hydroxyl groups excluding tert-OH is 1. The summed E-state index contributed by atoms with van der Waals surface area (Å²) in [6, 6.07) is 10.2. The molecule has 216 valence electrons. The molecular formula is C32H42N2O6. The first-order valence-corrected chi connectivity index (χ1v) is 14.5. The van der Waals surface area contributed by atoms with Crippen molar-refractivity contribution in [2.24, 2.45) is 0 Å². The van der Waals surface area contributed by atoms with Gasteiger partial charge >= 0.3 is 0 Å². The van der Waals surface area contributed by atoms with Crippen molar-refractivity contribution in [1.82, 2.24) is 9.80 Å². The second kappa shape index (κ2) is 13.2. The standard InChI is InChI=1S/C32H42N2O6/c1-6-10-17-39-26-14-11-22(20-27(26)38-9-4)29-28(31(36)32(37)34(29)16-15-33(7-2)8-3)30(35)23-12-13-25-24(19-23)18-21(5)40-25/h11-14,19-21,29,35H,6-10,15-18H2,1-5H3/b30-28+/t21-,29+/m0/s1. The van der Waals surface area contributed by atoms with E-state index in [9.17, 15) is 14.7 Å². The lowest BCUT2D eigenvalue weighted by Gasteiger charge is -2.28. The maximum absolute atomic E-state index is 13.5. The first kappa shape index (κ1) is 29.5. The van der Waals surface area contributed by atoms with Crippen molar-refractivity contribution in [3.8, 4) is 17.2 Å². The van der Waals surface area contributed by atoms with Gasteiger partial charge in [-0.25, -0.2) is 0 Å². The van der Waals surface area contributed by atoms with Gasteiger partial charge in [0.2, 0.25) is 0 Å². The van der Waals surface area contributed by atoms with Gasteiger partial charge in [0.15, 0.2) is 11.5 Å². The minimum Gasteiger partial charge on any atom is -0.507 e. The molecule has 0 aliphatic carbocycles. The highest BCUT2D eigenvalue weighted by Crippen LogP contribution is 2.42. The van der Waals surface area contributed by atoms with Crippen molar-refractivity contribution in [2.45, 2.75) is 66.0 Å². The number of Topliss-reactive ketones (excluding diaryl/α,β-unsaturated/α-hetero) is 1. The molecule has 1 fully saturated rings. The Balaban J connectivity index is 1.79. The van der Waals surface area contributed by atoms with E-state index in [1.807, 2.05) is 44.2 Å². The van der Waals surface area contributed by atoms with E-state index in [1.165, 1.54) is 0 Å². The Morgan fingerprint density at radius 2 is 1.82 bits per heavy atom. The summed E-state index contributed by atoms with van der Waals surface area (Å²) in [4.78, 5) is 30.8. The van der Waals surface area contributed by atoms with Gasteiger partial charge in [0, 0.05) is 25.1 Å². The van der Waals surface area contributed by atoms with E-state index in [2.05, 4.69) is 25.7 Å². The van der Waals surface area contributed by atoms with Crippen molar-refractivity contribution in [3.63, 3.8) is 0 Å². The SMILES string of the molecule is CCCCOc1ccc([C@@H]2/C(=C(\O)c3ccc4c(c3)C[C@H](C)O4)C(=O)C(=O)N2CCN(CC)CC)cc1OCC. The van der Waals surface area contributed by atoms with Gasteiger partial charge in [-0.1, -0.05) is 33.3 Å². The lowest BCUT2D eigenvalue weighted by Crippen LogP contribution is -2.38. The zero-order chi connectivity index (χ0) is 28.8. The number of carbonyl (C=O) groups is 2. The number of aliphatic hydroxyl groups is 1. The number of carbonyl (C=O) groups excluding carboxylic acids is 2. The maximum Gasteiger partial charge on any atom is 0.295 e. The topological polar surface area (TPSA) is 88.5 Å². The van der Waals surface area contributed by atoms with Crippen LogP contribution in [0.5, 0.6) is 17.2 Å². The minimum atomic E-state index is -0.761. The molecule has 2 heterocycles. The molecule has 8 heteroatoms. The Bertz CT molecular complexity index is 1250. The number of hydrogen-bond acceptors (Lipinski definition) is 7. The Labute approximate surface area is 237 Å². The third-order valence-electron chi connectivity index (χ3n) is 7.60. The molecule has 8 nitrogen and oxygen atoms in total. The molecular weight excluding hydrogens is 508 g/mol. The smallest absolute Gasteiger partial charge is 0.295 e. The zero-order valence-corrected chi connectivity index (χ0v) is 24.4. The fourth-order valence-corrected chi connectivity index (χ4v) is 5.38. The molecule has 0 radical (unpaired) electrons. The van der Waals surface area contributed by atoms with Crippen LogP contribution in [0, 0.1) is 0 Å². The fraction of sp³-hybridized carbons (Fsp3) is 0.500. The zero-order valence-electron chi connectivity index (χ0n) is 24.4. The van der Waals surface area contributed by atoms with Crippen LogP contribution in [0.15, 0.2) is 42.0 Å². The van der Waals surface area contributed by atoms with Crippen LogP contribution in [-0.2, 0) is 16.0 Å². The van der Waals surface area contributed by atoms with Gasteiger partial charge in [-0.05, 0) is 74.8 Å². The first-order chi connectivity index (χ1) is 19.3. The summed E-state index contributed by atoms with van der Waals surface area (Å²) in [6.07, 6.45) is 2.70. The van der Waals surface area contributed by atoms with Gasteiger partial charge in [0.05, 0.1) is 24.8 Å². The summed E-state index contributed by atoms with van der Waals surface area (Å²) >= 11 is 0. The predicted octanol–water partition coefficient (Wildman–Crippen LogP) is 5.35. The van der Waals surface area contributed by atoms with E-state index in [4.69, 9.17) is 14.2 Å². The number of fused-ring (bicyclic) bond motifs is 1. The highest BCUT2D eigenvalue weighted by molar-refractivity contribution is 6.46. The van der Waals surface area contributed by atoms with E-state index in [0.29, 0.717) is 48.9 Å². The number of ketones is 1. The first-order valence-electron chi connectivity index (χ1n) is 14.5. The Morgan fingerprint density at radius 1 is 1.05 bits per heavy atom. The van der Waals surface area contributed by atoms with Gasteiger partial charge in [-0.15, -0.1) is 0 Å². The molecule has 40 heavy (non-hydrogen) atoms. The summed E-state index contributed by atoms with van der Waals surface area (Å²) in [6.45, 7) is 13.8. The number of rotatable bonds is 13. The Morgan fingerprint density at radius 3 is 2.52 bits per heavy atom. The number of benzene rings is 2. The molecule has 0 spiro atoms. The molecule has 0 saturated carbocycles. The van der Waals surface area contributed by atoms with Crippen LogP contribution in [0.2, 0.25) is 0 Å². The van der Waals surface area contributed by atoms with Crippen LogP contribution >= 0.6 is 0 Å². The Kier molecular flexibility index (Phi) is 9.74. The summed E-state index contributed by atoms with van der Waals surface area (Å²) in [7, 11) is 0. The highest BCUT2D eigenvalue weighted by Gasteiger charge is 2.46. The highest BCUT2D eigenvalue weighted by atomic mass is 16.5. The maximum atomic E-state index is 13.5. The monoisotopic (exact) mass is 550 g/mol. The fourth-order valence-electron chi connectivity index (χ4n) is 5.38. The molecule has 2 atom stereocenters. The number of likely N-dealkylation sites (N-methyl/N-ethyl adjacent to an activating group) is 1. The average Bonchev–Trinajstić information content (AvgIpc) is 3.45. The molecule has 2 aliphatic rings. The van der Waals surface area contributed by atoms with Crippen molar-refractivity contribution < 1.29 is 28.9 Å². The van der Waals surface area contributed by atoms with Crippen LogP contribution in [0.25, 0.3) is 5.76 Å². The molecule has 1 N–H and O–H groups in total. The third-order valence-corrected chi connectivity index (χ3v) is 7.60. The summed E-state index contributed by atoms with van der Waals surface area (Å²) in [5, 5.41) is 11.6. The lowest BCUT2D eigenvalue weighted by atomic mass is 9.94. The molecule has 2 aromatic rings. The van der Waals surface area contributed by atoms with E-state index in [1.54, 1.807) is 11.0 Å². The van der Waals surface area contributed by atoms with Gasteiger partial charge in [-0.2, -0.15) is 0 Å². The van der Waals surface area contributed by atoms with Crippen molar-refractivity contribution in [3.05, 3.63) is 58.7 Å². The normalized spacial score (nSPS) is 19.7. The third kappa shape index (κ3) is 6.12. The molecule has 2 aliphatic heterocycles. The molecule has 2 aromatic carbocycles. The second-order valence-electron chi connectivity index (χ2n) is 10.3. The molecule has 0 aromatic heterocycles. The number of amides is 1. The molecule has 4 rings (SSSR count). The van der Waals surface area contributed by atoms with Crippen molar-refractivity contribution in [1.29, 1.82) is 0 Å². The second-order valence-corrected chi connectivity index (χ2v) is 10.3. The molecule has 1 saturated heterocycles. The average molecular weight is 551 g/mol. The number of unbranched alkanes of at least 4 members (excludes halogenated alkanes) is 1. The van der Waals surface area contributed by atoms with Gasteiger partial charge in [0.25, 0.3) is 11.7 Å². The van der Waals surface area contributed by atoms with Gasteiger partial charge in [-0.3, -0.25) is 9.59 Å². The molecule has 0 bridgehead atoms. The Hall–Kier alpha value is -3.52. The van der Waals surface area contributed by atoms with Gasteiger partial charge in [0.1, 0.15) is 17.6 Å². The van der Waals surface area contributed by atoms with Crippen LogP contribution in [0.1, 0.15) is 70.2 Å². The van der Waals surface area contributed by atoms with Gasteiger partial charge < -0.3 is 29.1 Å². The van der Waals surface area contributed by atoms with Crippen molar-refractivity contribution >= 4 is 17.4 Å². The number of nitrogens with zero attached hydrogens (tertiary/aromatic N) is 2. The summed E-state index contributed by atoms with van der Waals surface area (Å²) in [5.41, 5.74) is 2.23. The summed E-state index contributed by atoms with van der Waals surface area (Å²) < 4.78 is 17.7. The lowest BCUT2D eigenvalue weighted by molar-refractivity contribution is -0.140. The predicted molar refractivity (Wildman–Crippen MR) is 155 cm³/mol. The number of likely N-dealkylation sites (tertiary alicyclic amines) is 1. The van der Waals surface area contributed by atoms with E-state index >= 15 is 0 Å². The van der Waals surface area contributed by atoms with Crippen LogP contribution < -0.4 is 14.2 Å². The minimum absolute atomic E-state index is 0.0492. The summed E-state index contributed by atoms with van der Waals surface area (Å²) in [5.74, 6) is 0.463. The van der Waals surface area contributed by atoms with Crippen LogP contribution in [0.4, 0.5) is 0 Å². The largest absolute Gasteiger partial charge is 0.507 e. The molecule has 0 unspecified atom stereocenters. The van der Waals surface area contributed by atoms with Crippen molar-refractivity contribution in [2.75, 3.05) is 39.4 Å². The van der Waals surface area contributed by atoms with Crippen LogP contribution in [0.3, 0.4) is 0 Å². The number of hydrogen-bond donors (Lipinski definition) is 1.